The molecule has 0 aromatic carbocycles. The van der Waals surface area contributed by atoms with Crippen LogP contribution in [-0.2, 0) is 23.1 Å². The molecule has 0 saturated carbocycles. The van der Waals surface area contributed by atoms with Gasteiger partial charge in [0.15, 0.2) is 0 Å². The number of aromatic nitrogens is 4. The number of carbonyl (C=O) groups excluding carboxylic acids is 1. The van der Waals surface area contributed by atoms with E-state index in [1.54, 1.807) is 17.1 Å². The van der Waals surface area contributed by atoms with E-state index in [1.165, 1.54) is 0 Å². The summed E-state index contributed by atoms with van der Waals surface area (Å²) < 4.78 is 9.68. The van der Waals surface area contributed by atoms with Crippen molar-refractivity contribution in [1.29, 1.82) is 0 Å². The number of nitrogens with zero attached hydrogens (tertiary/aromatic N) is 4. The number of anilines is 1. The SMILES string of the molecule is CCn1ccnc1[C@@H]1OCCC[C@H]1C(=O)Nc1cnn(C)c1C. The molecule has 2 atom stereocenters. The van der Waals surface area contributed by atoms with E-state index in [1.807, 2.05) is 24.7 Å². The van der Waals surface area contributed by atoms with Crippen molar-refractivity contribution in [2.75, 3.05) is 11.9 Å². The molecule has 1 N–H and O–H groups in total. The Morgan fingerprint density at radius 2 is 2.35 bits per heavy atom. The normalized spacial score (nSPS) is 21.3. The Hall–Kier alpha value is -2.15. The lowest BCUT2D eigenvalue weighted by molar-refractivity contribution is -0.130. The van der Waals surface area contributed by atoms with Gasteiger partial charge in [0, 0.05) is 32.6 Å². The minimum absolute atomic E-state index is 0.0311. The number of hydrogen-bond acceptors (Lipinski definition) is 4. The standard InChI is InChI=1S/C16H23N5O2/c1-4-21-8-7-17-15(21)14-12(6-5-9-23-14)16(22)19-13-10-18-20(3)11(13)2/h7-8,10,12,14H,4-6,9H2,1-3H3,(H,19,22)/t12-,14-/m1/s1. The van der Waals surface area contributed by atoms with Crippen molar-refractivity contribution in [1.82, 2.24) is 19.3 Å². The molecular formula is C16H23N5O2. The number of rotatable bonds is 4. The molecule has 0 aliphatic carbocycles. The van der Waals surface area contributed by atoms with Crippen LogP contribution >= 0.6 is 0 Å². The van der Waals surface area contributed by atoms with E-state index in [9.17, 15) is 4.79 Å². The van der Waals surface area contributed by atoms with E-state index in [-0.39, 0.29) is 17.9 Å². The number of imidazole rings is 1. The molecule has 23 heavy (non-hydrogen) atoms. The monoisotopic (exact) mass is 317 g/mol. The van der Waals surface area contributed by atoms with Crippen LogP contribution in [0.1, 0.15) is 37.4 Å². The van der Waals surface area contributed by atoms with Gasteiger partial charge in [-0.1, -0.05) is 0 Å². The molecule has 124 valence electrons. The molecule has 0 unspecified atom stereocenters. The highest BCUT2D eigenvalue weighted by molar-refractivity contribution is 5.93. The van der Waals surface area contributed by atoms with Gasteiger partial charge >= 0.3 is 0 Å². The summed E-state index contributed by atoms with van der Waals surface area (Å²) in [6.45, 7) is 5.46. The van der Waals surface area contributed by atoms with E-state index in [0.29, 0.717) is 6.61 Å². The van der Waals surface area contributed by atoms with Crippen LogP contribution in [0.5, 0.6) is 0 Å². The fourth-order valence-electron chi connectivity index (χ4n) is 3.00. The van der Waals surface area contributed by atoms with E-state index in [4.69, 9.17) is 4.74 Å². The van der Waals surface area contributed by atoms with E-state index < -0.39 is 0 Å². The maximum Gasteiger partial charge on any atom is 0.230 e. The maximum absolute atomic E-state index is 12.8. The third-order valence-corrected chi connectivity index (χ3v) is 4.50. The lowest BCUT2D eigenvalue weighted by Gasteiger charge is -2.30. The number of aryl methyl sites for hydroxylation is 2. The second-order valence-corrected chi connectivity index (χ2v) is 5.87. The predicted molar refractivity (Wildman–Crippen MR) is 85.9 cm³/mol. The number of hydrogen-bond donors (Lipinski definition) is 1. The van der Waals surface area contributed by atoms with E-state index in [0.717, 1.165) is 36.6 Å². The highest BCUT2D eigenvalue weighted by Crippen LogP contribution is 2.34. The predicted octanol–water partition coefficient (Wildman–Crippen LogP) is 2.05. The Bertz CT molecular complexity index is 690. The summed E-state index contributed by atoms with van der Waals surface area (Å²) in [6.07, 6.45) is 6.75. The first-order valence-electron chi connectivity index (χ1n) is 8.04. The fourth-order valence-corrected chi connectivity index (χ4v) is 3.00. The van der Waals surface area contributed by atoms with Gasteiger partial charge in [0.05, 0.1) is 23.5 Å². The zero-order valence-electron chi connectivity index (χ0n) is 13.8. The molecular weight excluding hydrogens is 294 g/mol. The molecule has 2 aromatic rings. The zero-order chi connectivity index (χ0) is 16.4. The Labute approximate surface area is 135 Å². The van der Waals surface area contributed by atoms with Gasteiger partial charge in [-0.2, -0.15) is 5.10 Å². The van der Waals surface area contributed by atoms with Crippen molar-refractivity contribution in [2.45, 2.75) is 39.3 Å². The van der Waals surface area contributed by atoms with Crippen molar-refractivity contribution < 1.29 is 9.53 Å². The minimum Gasteiger partial charge on any atom is -0.369 e. The van der Waals surface area contributed by atoms with Crippen molar-refractivity contribution in [2.24, 2.45) is 13.0 Å². The smallest absolute Gasteiger partial charge is 0.230 e. The largest absolute Gasteiger partial charge is 0.369 e. The van der Waals surface area contributed by atoms with Crippen LogP contribution in [0.25, 0.3) is 0 Å². The Morgan fingerprint density at radius 3 is 3.04 bits per heavy atom. The first-order valence-corrected chi connectivity index (χ1v) is 8.04. The molecule has 3 heterocycles. The highest BCUT2D eigenvalue weighted by atomic mass is 16.5. The van der Waals surface area contributed by atoms with Gasteiger partial charge in [-0.15, -0.1) is 0 Å². The summed E-state index contributed by atoms with van der Waals surface area (Å²) in [4.78, 5) is 17.2. The molecule has 0 bridgehead atoms. The second kappa shape index (κ2) is 6.54. The van der Waals surface area contributed by atoms with Gasteiger partial charge < -0.3 is 14.6 Å². The van der Waals surface area contributed by atoms with Gasteiger partial charge in [-0.05, 0) is 26.7 Å². The summed E-state index contributed by atoms with van der Waals surface area (Å²) >= 11 is 0. The van der Waals surface area contributed by atoms with Gasteiger partial charge in [0.1, 0.15) is 11.9 Å². The molecule has 1 saturated heterocycles. The summed E-state index contributed by atoms with van der Waals surface area (Å²) in [5, 5.41) is 7.16. The summed E-state index contributed by atoms with van der Waals surface area (Å²) in [7, 11) is 1.86. The first-order chi connectivity index (χ1) is 11.1. The Morgan fingerprint density at radius 1 is 1.52 bits per heavy atom. The Balaban J connectivity index is 1.81. The topological polar surface area (TPSA) is 74.0 Å². The number of nitrogens with one attached hydrogen (secondary N) is 1. The van der Waals surface area contributed by atoms with Crippen molar-refractivity contribution >= 4 is 11.6 Å². The van der Waals surface area contributed by atoms with Crippen molar-refractivity contribution in [3.05, 3.63) is 30.1 Å². The summed E-state index contributed by atoms with van der Waals surface area (Å²) in [5.41, 5.74) is 1.68. The van der Waals surface area contributed by atoms with Crippen molar-refractivity contribution in [3.63, 3.8) is 0 Å². The van der Waals surface area contributed by atoms with Crippen molar-refractivity contribution in [3.8, 4) is 0 Å². The zero-order valence-corrected chi connectivity index (χ0v) is 13.8. The molecule has 1 aliphatic heterocycles. The average molecular weight is 317 g/mol. The quantitative estimate of drug-likeness (QED) is 0.936. The van der Waals surface area contributed by atoms with Crippen LogP contribution in [0.4, 0.5) is 5.69 Å². The molecule has 1 fully saturated rings. The summed E-state index contributed by atoms with van der Waals surface area (Å²) in [6, 6.07) is 0. The van der Waals surface area contributed by atoms with Crippen LogP contribution in [0.15, 0.2) is 18.6 Å². The molecule has 3 rings (SSSR count). The lowest BCUT2D eigenvalue weighted by Crippen LogP contribution is -2.34. The lowest BCUT2D eigenvalue weighted by atomic mass is 9.92. The van der Waals surface area contributed by atoms with Crippen LogP contribution < -0.4 is 5.32 Å². The molecule has 1 amide bonds. The molecule has 2 aromatic heterocycles. The second-order valence-electron chi connectivity index (χ2n) is 5.87. The molecule has 7 heteroatoms. The van der Waals surface area contributed by atoms with Crippen LogP contribution in [0, 0.1) is 12.8 Å². The van der Waals surface area contributed by atoms with Crippen LogP contribution in [0.2, 0.25) is 0 Å². The molecule has 0 radical (unpaired) electrons. The summed E-state index contributed by atoms with van der Waals surface area (Å²) in [5.74, 6) is 0.558. The molecule has 7 nitrogen and oxygen atoms in total. The maximum atomic E-state index is 12.8. The van der Waals surface area contributed by atoms with Crippen LogP contribution in [0.3, 0.4) is 0 Å². The molecule has 0 spiro atoms. The number of ether oxygens (including phenoxy) is 1. The highest BCUT2D eigenvalue weighted by Gasteiger charge is 2.36. The van der Waals surface area contributed by atoms with Gasteiger partial charge in [-0.25, -0.2) is 4.98 Å². The van der Waals surface area contributed by atoms with Gasteiger partial charge in [-0.3, -0.25) is 9.48 Å². The number of carbonyl (C=O) groups is 1. The average Bonchev–Trinajstić information content (AvgIpc) is 3.16. The number of amides is 1. The van der Waals surface area contributed by atoms with Gasteiger partial charge in [0.2, 0.25) is 5.91 Å². The molecule has 1 aliphatic rings. The van der Waals surface area contributed by atoms with Crippen LogP contribution in [-0.4, -0.2) is 31.8 Å². The first kappa shape index (κ1) is 15.7. The van der Waals surface area contributed by atoms with E-state index >= 15 is 0 Å². The van der Waals surface area contributed by atoms with E-state index in [2.05, 4.69) is 22.3 Å². The van der Waals surface area contributed by atoms with Gasteiger partial charge in [0.25, 0.3) is 0 Å². The fraction of sp³-hybridized carbons (Fsp3) is 0.562. The third-order valence-electron chi connectivity index (χ3n) is 4.50. The minimum atomic E-state index is -0.296. The Kier molecular flexibility index (Phi) is 4.47. The third kappa shape index (κ3) is 3.01.